The van der Waals surface area contributed by atoms with E-state index in [1.165, 1.54) is 6.07 Å². The van der Waals surface area contributed by atoms with E-state index in [0.717, 1.165) is 5.39 Å². The quantitative estimate of drug-likeness (QED) is 0.653. The van der Waals surface area contributed by atoms with E-state index < -0.39 is 5.56 Å². The molecule has 1 N–H and O–H groups in total. The molecule has 0 atom stereocenters. The van der Waals surface area contributed by atoms with Gasteiger partial charge in [-0.25, -0.2) is 0 Å². The molecule has 1 aromatic carbocycles. The number of para-hydroxylation sites is 1. The molecular formula is C9H6ClNO2. The van der Waals surface area contributed by atoms with Gasteiger partial charge in [-0.3, -0.25) is 4.79 Å². The van der Waals surface area contributed by atoms with Gasteiger partial charge < -0.3 is 5.21 Å². The van der Waals surface area contributed by atoms with Crippen molar-refractivity contribution in [3.8, 4) is 0 Å². The van der Waals surface area contributed by atoms with Gasteiger partial charge in [0.25, 0.3) is 0 Å². The molecular weight excluding hydrogens is 190 g/mol. The number of halogens is 1. The van der Waals surface area contributed by atoms with E-state index in [2.05, 4.69) is 0 Å². The monoisotopic (exact) mass is 195 g/mol. The molecule has 13 heavy (non-hydrogen) atoms. The zero-order valence-corrected chi connectivity index (χ0v) is 7.32. The number of aromatic nitrogens is 1. The first-order valence-electron chi connectivity index (χ1n) is 3.70. The smallest absolute Gasteiger partial charge is 0.302 e. The summed E-state index contributed by atoms with van der Waals surface area (Å²) in [5.41, 5.74) is -0.141. The predicted octanol–water partition coefficient (Wildman–Crippen LogP) is 1.89. The highest BCUT2D eigenvalue weighted by atomic mass is 35.5. The van der Waals surface area contributed by atoms with Gasteiger partial charge in [0.05, 0.1) is 5.52 Å². The second kappa shape index (κ2) is 2.78. The Morgan fingerprint density at radius 2 is 2.00 bits per heavy atom. The first kappa shape index (κ1) is 8.13. The molecule has 0 bridgehead atoms. The molecule has 2 rings (SSSR count). The zero-order valence-electron chi connectivity index (χ0n) is 6.57. The minimum Gasteiger partial charge on any atom is -0.425 e. The van der Waals surface area contributed by atoms with Crippen LogP contribution in [0.5, 0.6) is 0 Å². The third-order valence-corrected chi connectivity index (χ3v) is 2.11. The van der Waals surface area contributed by atoms with E-state index in [-0.39, 0.29) is 5.02 Å². The first-order valence-corrected chi connectivity index (χ1v) is 4.07. The van der Waals surface area contributed by atoms with Crippen LogP contribution in [-0.4, -0.2) is 9.94 Å². The summed E-state index contributed by atoms with van der Waals surface area (Å²) in [6.07, 6.45) is 0. The predicted molar refractivity (Wildman–Crippen MR) is 50.4 cm³/mol. The van der Waals surface area contributed by atoms with E-state index >= 15 is 0 Å². The van der Waals surface area contributed by atoms with Crippen LogP contribution in [0.1, 0.15) is 0 Å². The average molecular weight is 196 g/mol. The van der Waals surface area contributed by atoms with Gasteiger partial charge in [-0.1, -0.05) is 29.8 Å². The Balaban J connectivity index is 3.02. The summed E-state index contributed by atoms with van der Waals surface area (Å²) in [6.45, 7) is 0. The van der Waals surface area contributed by atoms with Crippen molar-refractivity contribution >= 4 is 22.5 Å². The third kappa shape index (κ3) is 1.17. The van der Waals surface area contributed by atoms with Crippen LogP contribution in [0, 0.1) is 0 Å². The molecule has 0 fully saturated rings. The van der Waals surface area contributed by atoms with Crippen molar-refractivity contribution in [2.45, 2.75) is 0 Å². The first-order chi connectivity index (χ1) is 6.20. The number of pyridine rings is 1. The zero-order chi connectivity index (χ0) is 9.42. The van der Waals surface area contributed by atoms with Crippen molar-refractivity contribution in [2.24, 2.45) is 0 Å². The van der Waals surface area contributed by atoms with Gasteiger partial charge in [-0.05, 0) is 12.1 Å². The molecule has 0 unspecified atom stereocenters. The summed E-state index contributed by atoms with van der Waals surface area (Å²) >= 11 is 5.60. The molecule has 4 heteroatoms. The average Bonchev–Trinajstić information content (AvgIpc) is 2.15. The van der Waals surface area contributed by atoms with Crippen molar-refractivity contribution in [3.05, 3.63) is 45.7 Å². The van der Waals surface area contributed by atoms with Crippen molar-refractivity contribution in [1.82, 2.24) is 4.73 Å². The Morgan fingerprint density at radius 1 is 1.31 bits per heavy atom. The number of hydrogen-bond donors (Lipinski definition) is 1. The Morgan fingerprint density at radius 3 is 2.77 bits per heavy atom. The SMILES string of the molecule is O=c1c(Cl)cc2ccccc2n1O. The number of hydrogen-bond acceptors (Lipinski definition) is 2. The van der Waals surface area contributed by atoms with Crippen LogP contribution < -0.4 is 5.56 Å². The van der Waals surface area contributed by atoms with Gasteiger partial charge in [-0.2, -0.15) is 0 Å². The summed E-state index contributed by atoms with van der Waals surface area (Å²) < 4.78 is 0.553. The maximum Gasteiger partial charge on any atom is 0.302 e. The van der Waals surface area contributed by atoms with Crippen molar-refractivity contribution in [3.63, 3.8) is 0 Å². The van der Waals surface area contributed by atoms with Gasteiger partial charge in [0.15, 0.2) is 0 Å². The molecule has 66 valence electrons. The Kier molecular flexibility index (Phi) is 1.74. The molecule has 0 radical (unpaired) electrons. The fourth-order valence-corrected chi connectivity index (χ4v) is 1.41. The Bertz CT molecular complexity index is 518. The van der Waals surface area contributed by atoms with Gasteiger partial charge in [-0.15, -0.1) is 4.73 Å². The highest BCUT2D eigenvalue weighted by Crippen LogP contribution is 2.14. The summed E-state index contributed by atoms with van der Waals surface area (Å²) in [6, 6.07) is 8.50. The standard InChI is InChI=1S/C9H6ClNO2/c10-7-5-6-3-1-2-4-8(6)11(13)9(7)12/h1-5,13H. The summed E-state index contributed by atoms with van der Waals surface area (Å²) in [5.74, 6) is 0. The highest BCUT2D eigenvalue weighted by molar-refractivity contribution is 6.31. The minimum absolute atomic E-state index is 0.0150. The molecule has 1 aromatic heterocycles. The number of benzene rings is 1. The molecule has 0 amide bonds. The van der Waals surface area contributed by atoms with Gasteiger partial charge in [0.2, 0.25) is 0 Å². The molecule has 0 spiro atoms. The molecule has 0 saturated heterocycles. The van der Waals surface area contributed by atoms with Crippen LogP contribution in [0.15, 0.2) is 35.1 Å². The summed E-state index contributed by atoms with van der Waals surface area (Å²) in [7, 11) is 0. The Hall–Kier alpha value is -1.48. The lowest BCUT2D eigenvalue weighted by Gasteiger charge is -2.02. The maximum atomic E-state index is 11.2. The Labute approximate surface area is 78.8 Å². The molecule has 2 aromatic rings. The second-order valence-corrected chi connectivity index (χ2v) is 3.08. The van der Waals surface area contributed by atoms with E-state index in [4.69, 9.17) is 11.6 Å². The number of fused-ring (bicyclic) bond motifs is 1. The summed E-state index contributed by atoms with van der Waals surface area (Å²) in [5, 5.41) is 10.1. The van der Waals surface area contributed by atoms with Crippen LogP contribution >= 0.6 is 11.6 Å². The molecule has 0 aliphatic heterocycles. The van der Waals surface area contributed by atoms with Crippen LogP contribution in [0.3, 0.4) is 0 Å². The van der Waals surface area contributed by atoms with Crippen LogP contribution in [-0.2, 0) is 0 Å². The lowest BCUT2D eigenvalue weighted by Crippen LogP contribution is -2.17. The van der Waals surface area contributed by atoms with E-state index in [9.17, 15) is 10.0 Å². The highest BCUT2D eigenvalue weighted by Gasteiger charge is 2.04. The number of rotatable bonds is 0. The van der Waals surface area contributed by atoms with E-state index in [1.54, 1.807) is 18.2 Å². The normalized spacial score (nSPS) is 10.5. The second-order valence-electron chi connectivity index (χ2n) is 2.67. The topological polar surface area (TPSA) is 42.2 Å². The van der Waals surface area contributed by atoms with Gasteiger partial charge in [0.1, 0.15) is 5.02 Å². The van der Waals surface area contributed by atoms with E-state index in [0.29, 0.717) is 10.2 Å². The van der Waals surface area contributed by atoms with Gasteiger partial charge >= 0.3 is 5.56 Å². The fourth-order valence-electron chi connectivity index (χ4n) is 1.21. The summed E-state index contributed by atoms with van der Waals surface area (Å²) in [4.78, 5) is 11.2. The minimum atomic E-state index is -0.597. The lowest BCUT2D eigenvalue weighted by atomic mass is 10.2. The molecule has 3 nitrogen and oxygen atoms in total. The van der Waals surface area contributed by atoms with Crippen LogP contribution in [0.25, 0.3) is 10.9 Å². The van der Waals surface area contributed by atoms with Crippen LogP contribution in [0.2, 0.25) is 5.02 Å². The lowest BCUT2D eigenvalue weighted by molar-refractivity contribution is 0.189. The van der Waals surface area contributed by atoms with Crippen LogP contribution in [0.4, 0.5) is 0 Å². The van der Waals surface area contributed by atoms with Gasteiger partial charge in [0, 0.05) is 5.39 Å². The van der Waals surface area contributed by atoms with E-state index in [1.807, 2.05) is 6.07 Å². The fraction of sp³-hybridized carbons (Fsp3) is 0. The van der Waals surface area contributed by atoms with Crippen molar-refractivity contribution in [1.29, 1.82) is 0 Å². The molecule has 0 saturated carbocycles. The third-order valence-electron chi connectivity index (χ3n) is 1.84. The maximum absolute atomic E-state index is 11.2. The molecule has 0 aliphatic rings. The van der Waals surface area contributed by atoms with Crippen molar-refractivity contribution in [2.75, 3.05) is 0 Å². The number of nitrogens with zero attached hydrogens (tertiary/aromatic N) is 1. The molecule has 0 aliphatic carbocycles. The largest absolute Gasteiger partial charge is 0.425 e. The van der Waals surface area contributed by atoms with Crippen molar-refractivity contribution < 1.29 is 5.21 Å². The molecule has 1 heterocycles.